The zero-order valence-corrected chi connectivity index (χ0v) is 8.76. The first kappa shape index (κ1) is 9.55. The van der Waals surface area contributed by atoms with E-state index in [0.29, 0.717) is 6.42 Å². The van der Waals surface area contributed by atoms with Gasteiger partial charge >= 0.3 is 0 Å². The molecule has 3 nitrogen and oxygen atoms in total. The lowest BCUT2D eigenvalue weighted by molar-refractivity contribution is -0.155. The van der Waals surface area contributed by atoms with E-state index < -0.39 is 17.6 Å². The van der Waals surface area contributed by atoms with Crippen LogP contribution in [0.2, 0.25) is 0 Å². The fraction of sp³-hybridized carbons (Fsp3) is 0.750. The van der Waals surface area contributed by atoms with Gasteiger partial charge in [-0.05, 0) is 12.3 Å². The lowest BCUT2D eigenvalue weighted by Crippen LogP contribution is -2.60. The highest BCUT2D eigenvalue weighted by molar-refractivity contribution is 5.85. The third-order valence-corrected chi connectivity index (χ3v) is 4.70. The summed E-state index contributed by atoms with van der Waals surface area (Å²) in [7, 11) is 0. The molecular weight excluding hydrogens is 192 g/mol. The first-order valence-corrected chi connectivity index (χ1v) is 5.64. The second-order valence-electron chi connectivity index (χ2n) is 5.38. The van der Waals surface area contributed by atoms with Gasteiger partial charge in [0, 0.05) is 23.7 Å². The second-order valence-corrected chi connectivity index (χ2v) is 5.38. The minimum Gasteiger partial charge on any atom is -0.390 e. The van der Waals surface area contributed by atoms with Crippen molar-refractivity contribution in [3.63, 3.8) is 0 Å². The van der Waals surface area contributed by atoms with Crippen molar-refractivity contribution in [3.05, 3.63) is 12.2 Å². The Kier molecular flexibility index (Phi) is 1.73. The van der Waals surface area contributed by atoms with Gasteiger partial charge in [0.15, 0.2) is 0 Å². The van der Waals surface area contributed by atoms with Crippen LogP contribution in [-0.2, 0) is 4.79 Å². The van der Waals surface area contributed by atoms with E-state index in [1.165, 1.54) is 0 Å². The first-order chi connectivity index (χ1) is 7.05. The molecule has 0 saturated heterocycles. The molecule has 4 aliphatic rings. The number of Topliss-reactive ketones (excluding diaryl/α,β-unsaturated/α-hetero) is 1. The van der Waals surface area contributed by atoms with Crippen LogP contribution in [0.4, 0.5) is 0 Å². The monoisotopic (exact) mass is 208 g/mol. The highest BCUT2D eigenvalue weighted by Crippen LogP contribution is 2.57. The Labute approximate surface area is 88.8 Å². The molecule has 2 fully saturated rings. The maximum Gasteiger partial charge on any atom is 0.137 e. The Bertz CT molecular complexity index is 349. The van der Waals surface area contributed by atoms with Crippen molar-refractivity contribution in [2.75, 3.05) is 0 Å². The zero-order chi connectivity index (χ0) is 10.8. The summed E-state index contributed by atoms with van der Waals surface area (Å²) < 4.78 is 0. The van der Waals surface area contributed by atoms with Crippen molar-refractivity contribution in [1.29, 1.82) is 0 Å². The van der Waals surface area contributed by atoms with Gasteiger partial charge in [-0.15, -0.1) is 0 Å². The van der Waals surface area contributed by atoms with Gasteiger partial charge in [-0.2, -0.15) is 0 Å². The van der Waals surface area contributed by atoms with Gasteiger partial charge in [0.25, 0.3) is 0 Å². The molecule has 15 heavy (non-hydrogen) atoms. The largest absolute Gasteiger partial charge is 0.390 e. The quantitative estimate of drug-likeness (QED) is 0.570. The number of hydrogen-bond donors (Lipinski definition) is 2. The predicted molar refractivity (Wildman–Crippen MR) is 54.0 cm³/mol. The summed E-state index contributed by atoms with van der Waals surface area (Å²) in [5.74, 6) is 0.442. The maximum absolute atomic E-state index is 11.8. The number of carbonyl (C=O) groups excluding carboxylic acids is 1. The molecule has 2 unspecified atom stereocenters. The minimum atomic E-state index is -0.782. The minimum absolute atomic E-state index is 0.0155. The molecule has 82 valence electrons. The van der Waals surface area contributed by atoms with E-state index in [1.807, 2.05) is 19.1 Å². The predicted octanol–water partition coefficient (Wildman–Crippen LogP) is 0.509. The van der Waals surface area contributed by atoms with Gasteiger partial charge in [-0.25, -0.2) is 0 Å². The van der Waals surface area contributed by atoms with Crippen molar-refractivity contribution in [3.8, 4) is 0 Å². The van der Waals surface area contributed by atoms with E-state index in [4.69, 9.17) is 0 Å². The van der Waals surface area contributed by atoms with Crippen LogP contribution in [0.1, 0.15) is 19.8 Å². The number of hydrogen-bond acceptors (Lipinski definition) is 3. The van der Waals surface area contributed by atoms with E-state index in [9.17, 15) is 15.0 Å². The van der Waals surface area contributed by atoms with Crippen molar-refractivity contribution < 1.29 is 15.0 Å². The second kappa shape index (κ2) is 2.71. The average molecular weight is 208 g/mol. The number of rotatable bonds is 0. The number of carbonyl (C=O) groups is 1. The van der Waals surface area contributed by atoms with E-state index in [-0.39, 0.29) is 23.5 Å². The average Bonchev–Trinajstić information content (AvgIpc) is 2.59. The molecule has 2 bridgehead atoms. The van der Waals surface area contributed by atoms with E-state index in [0.717, 1.165) is 6.42 Å². The first-order valence-electron chi connectivity index (χ1n) is 5.64. The highest BCUT2D eigenvalue weighted by atomic mass is 16.3. The summed E-state index contributed by atoms with van der Waals surface area (Å²) in [4.78, 5) is 11.8. The highest BCUT2D eigenvalue weighted by Gasteiger charge is 2.61. The SMILES string of the molecule is C[C@@]12C=C[C@@H](C(O)C1O)[C@@H]1CCC(=O)[C@@H]12. The Morgan fingerprint density at radius 1 is 1.47 bits per heavy atom. The van der Waals surface area contributed by atoms with Gasteiger partial charge in [-0.1, -0.05) is 19.1 Å². The summed E-state index contributed by atoms with van der Waals surface area (Å²) in [5, 5.41) is 20.0. The van der Waals surface area contributed by atoms with Gasteiger partial charge in [0.2, 0.25) is 0 Å². The molecule has 0 aromatic heterocycles. The van der Waals surface area contributed by atoms with Gasteiger partial charge in [-0.3, -0.25) is 4.79 Å². The summed E-state index contributed by atoms with van der Waals surface area (Å²) in [6, 6.07) is 0. The summed E-state index contributed by atoms with van der Waals surface area (Å²) >= 11 is 0. The molecule has 0 amide bonds. The molecule has 0 aromatic carbocycles. The van der Waals surface area contributed by atoms with E-state index >= 15 is 0 Å². The summed E-state index contributed by atoms with van der Waals surface area (Å²) in [5.41, 5.74) is -0.535. The molecule has 4 rings (SSSR count). The molecule has 2 saturated carbocycles. The lowest BCUT2D eigenvalue weighted by atomic mass is 9.53. The normalized spacial score (nSPS) is 57.3. The molecule has 0 spiro atoms. The lowest BCUT2D eigenvalue weighted by Gasteiger charge is -2.53. The number of ketones is 1. The molecule has 0 aliphatic heterocycles. The molecule has 0 aromatic rings. The number of aliphatic hydroxyl groups excluding tert-OH is 2. The smallest absolute Gasteiger partial charge is 0.137 e. The van der Waals surface area contributed by atoms with Crippen LogP contribution >= 0.6 is 0 Å². The van der Waals surface area contributed by atoms with Crippen molar-refractivity contribution in [2.45, 2.75) is 32.0 Å². The number of fused-ring (bicyclic) bond motifs is 1. The Morgan fingerprint density at radius 2 is 2.20 bits per heavy atom. The molecule has 4 aliphatic carbocycles. The van der Waals surface area contributed by atoms with Crippen LogP contribution in [-0.4, -0.2) is 28.2 Å². The Morgan fingerprint density at radius 3 is 2.93 bits per heavy atom. The van der Waals surface area contributed by atoms with E-state index in [1.54, 1.807) is 0 Å². The van der Waals surface area contributed by atoms with Crippen molar-refractivity contribution in [2.24, 2.45) is 23.2 Å². The van der Waals surface area contributed by atoms with Crippen LogP contribution in [0.5, 0.6) is 0 Å². The fourth-order valence-corrected chi connectivity index (χ4v) is 3.89. The summed E-state index contributed by atoms with van der Waals surface area (Å²) in [6.45, 7) is 1.90. The van der Waals surface area contributed by atoms with Gasteiger partial charge in [0.1, 0.15) is 5.78 Å². The molecular formula is C12H16O3. The van der Waals surface area contributed by atoms with Crippen LogP contribution in [0.3, 0.4) is 0 Å². The molecule has 2 N–H and O–H groups in total. The third kappa shape index (κ3) is 0.955. The molecule has 0 radical (unpaired) electrons. The maximum atomic E-state index is 11.8. The zero-order valence-electron chi connectivity index (χ0n) is 8.76. The third-order valence-electron chi connectivity index (χ3n) is 4.70. The number of aliphatic hydroxyl groups is 2. The topological polar surface area (TPSA) is 57.5 Å². The Balaban J connectivity index is 2.12. The summed E-state index contributed by atoms with van der Waals surface area (Å²) in [6.07, 6.45) is 3.96. The molecule has 6 atom stereocenters. The fourth-order valence-electron chi connectivity index (χ4n) is 3.89. The Hall–Kier alpha value is -0.670. The van der Waals surface area contributed by atoms with Crippen LogP contribution in [0.15, 0.2) is 12.2 Å². The molecule has 3 heteroatoms. The van der Waals surface area contributed by atoms with E-state index in [2.05, 4.69) is 0 Å². The van der Waals surface area contributed by atoms with Crippen molar-refractivity contribution >= 4 is 5.78 Å². The standard InChI is InChI=1S/C12H16O3/c1-12-5-4-7(10(14)11(12)15)6-2-3-8(13)9(6)12/h4-7,9-11,14-15H,2-3H2,1H3/t6-,7+,9+,10?,11?,12-/m0/s1. The van der Waals surface area contributed by atoms with Crippen LogP contribution in [0.25, 0.3) is 0 Å². The van der Waals surface area contributed by atoms with Gasteiger partial charge in [0.05, 0.1) is 12.2 Å². The molecule has 0 heterocycles. The van der Waals surface area contributed by atoms with Crippen LogP contribution < -0.4 is 0 Å². The van der Waals surface area contributed by atoms with Gasteiger partial charge < -0.3 is 10.2 Å². The van der Waals surface area contributed by atoms with Crippen LogP contribution in [0, 0.1) is 23.2 Å². The van der Waals surface area contributed by atoms with Crippen molar-refractivity contribution in [1.82, 2.24) is 0 Å².